The first-order valence-electron chi connectivity index (χ1n) is 9.33. The van der Waals surface area contributed by atoms with Crippen molar-refractivity contribution in [3.8, 4) is 0 Å². The van der Waals surface area contributed by atoms with Gasteiger partial charge in [-0.1, -0.05) is 6.92 Å². The normalized spacial score (nSPS) is 13.6. The molecule has 0 spiro atoms. The van der Waals surface area contributed by atoms with E-state index >= 15 is 0 Å². The molecule has 2 atom stereocenters. The molecular weight excluding hydrogens is 407 g/mol. The van der Waals surface area contributed by atoms with Crippen molar-refractivity contribution in [1.29, 1.82) is 0 Å². The maximum absolute atomic E-state index is 11.8. The third kappa shape index (κ3) is 17.1. The van der Waals surface area contributed by atoms with Gasteiger partial charge in [-0.25, -0.2) is 0 Å². The Morgan fingerprint density at radius 2 is 1.52 bits per heavy atom. The summed E-state index contributed by atoms with van der Waals surface area (Å²) in [4.78, 5) is 11.8. The Kier molecular flexibility index (Phi) is 14.9. The number of hydrogen-bond donors (Lipinski definition) is 1. The van der Waals surface area contributed by atoms with Gasteiger partial charge in [0.05, 0.1) is 0 Å². The molecule has 0 rings (SSSR count). The molecule has 6 nitrogen and oxygen atoms in total. The second-order valence-corrected chi connectivity index (χ2v) is 10.3. The van der Waals surface area contributed by atoms with E-state index in [1.165, 1.54) is 38.5 Å². The van der Waals surface area contributed by atoms with Crippen LogP contribution in [0.15, 0.2) is 0 Å². The molecule has 0 aliphatic heterocycles. The molecule has 150 valence electrons. The summed E-state index contributed by atoms with van der Waals surface area (Å²) in [5, 5.41) is 0. The van der Waals surface area contributed by atoms with Gasteiger partial charge in [0.25, 0.3) is 0 Å². The predicted octanol–water partition coefficient (Wildman–Crippen LogP) is 4.07. The zero-order valence-electron chi connectivity index (χ0n) is 15.8. The molecule has 0 aromatic heterocycles. The van der Waals surface area contributed by atoms with Crippen molar-refractivity contribution in [2.75, 3.05) is 6.61 Å². The van der Waals surface area contributed by atoms with Crippen molar-refractivity contribution in [1.82, 2.24) is 0 Å². The Morgan fingerprint density at radius 3 is 2.00 bits per heavy atom. The van der Waals surface area contributed by atoms with E-state index in [1.807, 2.05) is 13.8 Å². The average Bonchev–Trinajstić information content (AvgIpc) is 2.51. The third-order valence-electron chi connectivity index (χ3n) is 4.01. The molecule has 1 N–H and O–H groups in total. The number of unbranched alkanes of at least 4 members (excludes halogenated alkanes) is 8. The molecule has 8 heteroatoms. The molecule has 0 saturated carbocycles. The van der Waals surface area contributed by atoms with Crippen molar-refractivity contribution in [3.05, 3.63) is 0 Å². The summed E-state index contributed by atoms with van der Waals surface area (Å²) in [6, 6.07) is 0. The van der Waals surface area contributed by atoms with Gasteiger partial charge in [0.15, 0.2) is 0 Å². The van der Waals surface area contributed by atoms with Crippen LogP contribution < -0.4 is 0 Å². The Bertz CT molecular complexity index is 438. The van der Waals surface area contributed by atoms with Crippen molar-refractivity contribution in [3.63, 3.8) is 0 Å². The quantitative estimate of drug-likeness (QED) is 0.220. The first-order valence-corrected chi connectivity index (χ1v) is 12.8. The molecule has 0 bridgehead atoms. The minimum atomic E-state index is -4.44. The van der Waals surface area contributed by atoms with Gasteiger partial charge in [0.2, 0.25) is 0 Å². The zero-order chi connectivity index (χ0) is 19.1. The SMILES string of the molecule is CCCCCCCCCCCC(=O)O[AsH][C@H](COS(=O)(=O)O)C(C)C. The van der Waals surface area contributed by atoms with Crippen LogP contribution in [0.3, 0.4) is 0 Å². The second kappa shape index (κ2) is 15.0. The maximum atomic E-state index is 11.8. The first kappa shape index (κ1) is 24.9. The molecule has 0 amide bonds. The van der Waals surface area contributed by atoms with Crippen LogP contribution in [0, 0.1) is 5.92 Å². The summed E-state index contributed by atoms with van der Waals surface area (Å²) in [6.07, 6.45) is 11.2. The first-order chi connectivity index (χ1) is 11.8. The number of carbonyl (C=O) groups is 1. The van der Waals surface area contributed by atoms with Gasteiger partial charge in [-0.2, -0.15) is 0 Å². The van der Waals surface area contributed by atoms with Crippen LogP contribution in [0.1, 0.15) is 85.0 Å². The van der Waals surface area contributed by atoms with Gasteiger partial charge in [0, 0.05) is 0 Å². The number of rotatable bonds is 16. The molecule has 1 unspecified atom stereocenters. The summed E-state index contributed by atoms with van der Waals surface area (Å²) < 4.78 is 39.5. The zero-order valence-corrected chi connectivity index (χ0v) is 18.7. The Labute approximate surface area is 160 Å². The van der Waals surface area contributed by atoms with Crippen LogP contribution in [-0.2, 0) is 23.1 Å². The minimum absolute atomic E-state index is 0.127. The number of carbonyl (C=O) groups excluding carboxylic acids is 1. The second-order valence-electron chi connectivity index (χ2n) is 6.73. The Hall–Kier alpha value is -0.102. The van der Waals surface area contributed by atoms with E-state index in [0.29, 0.717) is 6.42 Å². The summed E-state index contributed by atoms with van der Waals surface area (Å²) in [7, 11) is -4.44. The Balaban J connectivity index is 3.72. The molecule has 0 aliphatic carbocycles. The van der Waals surface area contributed by atoms with Crippen LogP contribution in [0.2, 0.25) is 4.71 Å². The van der Waals surface area contributed by atoms with Gasteiger partial charge < -0.3 is 0 Å². The van der Waals surface area contributed by atoms with E-state index in [2.05, 4.69) is 11.1 Å². The molecule has 0 fully saturated rings. The van der Waals surface area contributed by atoms with E-state index in [0.717, 1.165) is 19.3 Å². The van der Waals surface area contributed by atoms with E-state index < -0.39 is 26.5 Å². The molecule has 0 saturated heterocycles. The fourth-order valence-corrected chi connectivity index (χ4v) is 4.56. The van der Waals surface area contributed by atoms with Crippen molar-refractivity contribution in [2.24, 2.45) is 5.92 Å². The topological polar surface area (TPSA) is 89.9 Å². The van der Waals surface area contributed by atoms with E-state index in [4.69, 9.17) is 8.28 Å². The third-order valence-corrected chi connectivity index (χ3v) is 7.55. The van der Waals surface area contributed by atoms with Crippen molar-refractivity contribution in [2.45, 2.75) is 89.7 Å². The van der Waals surface area contributed by atoms with Gasteiger partial charge in [-0.15, -0.1) is 0 Å². The summed E-state index contributed by atoms with van der Waals surface area (Å²) in [6.45, 7) is 5.90. The predicted molar refractivity (Wildman–Crippen MR) is 101 cm³/mol. The van der Waals surface area contributed by atoms with Gasteiger partial charge in [0.1, 0.15) is 0 Å². The summed E-state index contributed by atoms with van der Waals surface area (Å²) in [5.74, 6) is -0.0808. The molecule has 0 aliphatic rings. The molecule has 0 radical (unpaired) electrons. The standard InChI is InChI=1S/C17H35AsO6S/c1-4-5-6-7-8-9-10-11-12-13-17(19)24-18-16(15(2)3)14-23-25(20,21)22/h15-16,18H,4-14H2,1-3H3,(H,20,21,22)/t16-/m1/s1. The van der Waals surface area contributed by atoms with Crippen LogP contribution in [-0.4, -0.2) is 41.6 Å². The molecule has 0 aromatic rings. The monoisotopic (exact) mass is 442 g/mol. The average molecular weight is 442 g/mol. The fraction of sp³-hybridized carbons (Fsp3) is 0.941. The molecule has 0 aromatic carbocycles. The van der Waals surface area contributed by atoms with Crippen LogP contribution in [0.4, 0.5) is 0 Å². The number of hydrogen-bond acceptors (Lipinski definition) is 5. The van der Waals surface area contributed by atoms with E-state index in [1.54, 1.807) is 0 Å². The molecule has 0 heterocycles. The van der Waals surface area contributed by atoms with E-state index in [-0.39, 0.29) is 23.2 Å². The Morgan fingerprint density at radius 1 is 1.00 bits per heavy atom. The summed E-state index contributed by atoms with van der Waals surface area (Å²) >= 11 is -1.11. The van der Waals surface area contributed by atoms with Crippen molar-refractivity contribution < 1.29 is 25.7 Å². The van der Waals surface area contributed by atoms with Gasteiger partial charge >= 0.3 is 153 Å². The van der Waals surface area contributed by atoms with Crippen molar-refractivity contribution >= 4 is 32.5 Å². The van der Waals surface area contributed by atoms with E-state index in [9.17, 15) is 13.2 Å². The summed E-state index contributed by atoms with van der Waals surface area (Å²) in [5.41, 5.74) is 0. The van der Waals surface area contributed by atoms with Crippen LogP contribution in [0.25, 0.3) is 0 Å². The fourth-order valence-electron chi connectivity index (χ4n) is 2.29. The molecular formula is C17H35AsO6S. The van der Waals surface area contributed by atoms with Crippen LogP contribution >= 0.6 is 0 Å². The molecule has 25 heavy (non-hydrogen) atoms. The van der Waals surface area contributed by atoms with Crippen LogP contribution in [0.5, 0.6) is 0 Å². The van der Waals surface area contributed by atoms with Gasteiger partial charge in [-0.3, -0.25) is 0 Å². The van der Waals surface area contributed by atoms with Gasteiger partial charge in [-0.05, 0) is 0 Å².